The molecule has 18 heavy (non-hydrogen) atoms. The zero-order valence-electron chi connectivity index (χ0n) is 9.55. The van der Waals surface area contributed by atoms with E-state index in [0.717, 1.165) is 33.3 Å². The van der Waals surface area contributed by atoms with Gasteiger partial charge in [-0.15, -0.1) is 0 Å². The molecule has 0 saturated heterocycles. The second-order valence-electron chi connectivity index (χ2n) is 4.21. The van der Waals surface area contributed by atoms with Crippen LogP contribution in [0.4, 0.5) is 0 Å². The van der Waals surface area contributed by atoms with Crippen molar-refractivity contribution in [1.82, 2.24) is 9.97 Å². The molecule has 3 heterocycles. The van der Waals surface area contributed by atoms with Crippen LogP contribution in [0.1, 0.15) is 0 Å². The number of furan rings is 1. The fourth-order valence-corrected chi connectivity index (χ4v) is 2.36. The van der Waals surface area contributed by atoms with E-state index in [0.29, 0.717) is 0 Å². The van der Waals surface area contributed by atoms with Crippen LogP contribution in [-0.4, -0.2) is 9.97 Å². The van der Waals surface area contributed by atoms with Crippen LogP contribution >= 0.6 is 0 Å². The number of rotatable bonds is 1. The fraction of sp³-hybridized carbons (Fsp3) is 0. The highest BCUT2D eigenvalue weighted by atomic mass is 16.3. The number of hydrogen-bond donors (Lipinski definition) is 1. The molecular weight excluding hydrogens is 224 g/mol. The molecule has 0 spiro atoms. The lowest BCUT2D eigenvalue weighted by atomic mass is 10.1. The molecule has 0 aliphatic rings. The number of aromatic nitrogens is 2. The van der Waals surface area contributed by atoms with Crippen molar-refractivity contribution in [3.63, 3.8) is 0 Å². The largest absolute Gasteiger partial charge is 0.454 e. The van der Waals surface area contributed by atoms with Gasteiger partial charge in [-0.05, 0) is 30.3 Å². The van der Waals surface area contributed by atoms with Gasteiger partial charge < -0.3 is 9.40 Å². The summed E-state index contributed by atoms with van der Waals surface area (Å²) in [5.41, 5.74) is 4.81. The summed E-state index contributed by atoms with van der Waals surface area (Å²) < 4.78 is 5.81. The van der Waals surface area contributed by atoms with Crippen LogP contribution in [-0.2, 0) is 0 Å². The minimum atomic E-state index is 0.825. The normalized spacial score (nSPS) is 11.3. The van der Waals surface area contributed by atoms with Crippen molar-refractivity contribution >= 4 is 22.1 Å². The topological polar surface area (TPSA) is 41.8 Å². The Morgan fingerprint density at radius 2 is 1.89 bits per heavy atom. The van der Waals surface area contributed by atoms with Crippen LogP contribution in [0.15, 0.2) is 59.3 Å². The van der Waals surface area contributed by atoms with Crippen LogP contribution in [0, 0.1) is 0 Å². The summed E-state index contributed by atoms with van der Waals surface area (Å²) in [6, 6.07) is 13.9. The summed E-state index contributed by atoms with van der Waals surface area (Å²) in [7, 11) is 0. The van der Waals surface area contributed by atoms with Crippen LogP contribution in [0.3, 0.4) is 0 Å². The zero-order chi connectivity index (χ0) is 11.9. The van der Waals surface area contributed by atoms with E-state index in [2.05, 4.69) is 22.1 Å². The first kappa shape index (κ1) is 9.48. The quantitative estimate of drug-likeness (QED) is 0.541. The molecule has 0 aliphatic carbocycles. The summed E-state index contributed by atoms with van der Waals surface area (Å²) in [4.78, 5) is 7.66. The first-order chi connectivity index (χ1) is 8.93. The van der Waals surface area contributed by atoms with Crippen molar-refractivity contribution in [2.24, 2.45) is 0 Å². The van der Waals surface area contributed by atoms with E-state index in [1.165, 1.54) is 0 Å². The monoisotopic (exact) mass is 234 g/mol. The smallest absolute Gasteiger partial charge is 0.153 e. The molecule has 0 bridgehead atoms. The van der Waals surface area contributed by atoms with Gasteiger partial charge in [-0.1, -0.05) is 12.1 Å². The second kappa shape index (κ2) is 3.47. The molecule has 4 aromatic rings. The number of nitrogens with one attached hydrogen (secondary N) is 1. The molecule has 0 fully saturated rings. The Kier molecular flexibility index (Phi) is 1.83. The Bertz CT molecular complexity index is 828. The van der Waals surface area contributed by atoms with E-state index in [1.54, 1.807) is 6.20 Å². The molecule has 1 N–H and O–H groups in total. The van der Waals surface area contributed by atoms with Gasteiger partial charge in [0.1, 0.15) is 11.1 Å². The van der Waals surface area contributed by atoms with E-state index in [9.17, 15) is 0 Å². The zero-order valence-corrected chi connectivity index (χ0v) is 9.55. The van der Waals surface area contributed by atoms with Crippen molar-refractivity contribution < 1.29 is 4.42 Å². The van der Waals surface area contributed by atoms with Crippen LogP contribution in [0.25, 0.3) is 33.3 Å². The van der Waals surface area contributed by atoms with Gasteiger partial charge in [-0.25, -0.2) is 0 Å². The van der Waals surface area contributed by atoms with E-state index in [4.69, 9.17) is 4.42 Å². The summed E-state index contributed by atoms with van der Waals surface area (Å²) in [6.07, 6.45) is 3.71. The number of H-pyrrole nitrogens is 1. The molecule has 4 rings (SSSR count). The standard InChI is InChI=1S/C15H10N2O/c1-4-10(11-5-2-8-16-11)14-12(6-1)18-13-7-3-9-17-15(13)14/h1-9,16H. The maximum atomic E-state index is 5.81. The molecule has 0 atom stereocenters. The van der Waals surface area contributed by atoms with Crippen molar-refractivity contribution in [2.75, 3.05) is 0 Å². The SMILES string of the molecule is c1c[nH]c(-c2cccc3oc4cccnc4c23)c1. The van der Waals surface area contributed by atoms with Crippen LogP contribution in [0.2, 0.25) is 0 Å². The maximum absolute atomic E-state index is 5.81. The molecule has 0 aliphatic heterocycles. The van der Waals surface area contributed by atoms with Crippen molar-refractivity contribution in [2.45, 2.75) is 0 Å². The Labute approximate surface area is 103 Å². The third kappa shape index (κ3) is 1.21. The number of fused-ring (bicyclic) bond motifs is 3. The number of hydrogen-bond acceptors (Lipinski definition) is 2. The third-order valence-corrected chi connectivity index (χ3v) is 3.14. The van der Waals surface area contributed by atoms with Crippen LogP contribution < -0.4 is 0 Å². The Balaban J connectivity index is 2.21. The molecule has 1 aromatic carbocycles. The predicted octanol–water partition coefficient (Wildman–Crippen LogP) is 3.98. The van der Waals surface area contributed by atoms with Gasteiger partial charge in [0.05, 0.1) is 5.39 Å². The van der Waals surface area contributed by atoms with Crippen molar-refractivity contribution in [3.8, 4) is 11.3 Å². The first-order valence-electron chi connectivity index (χ1n) is 5.83. The van der Waals surface area contributed by atoms with Crippen LogP contribution in [0.5, 0.6) is 0 Å². The third-order valence-electron chi connectivity index (χ3n) is 3.14. The number of benzene rings is 1. The average molecular weight is 234 g/mol. The lowest BCUT2D eigenvalue weighted by Crippen LogP contribution is -1.79. The van der Waals surface area contributed by atoms with Gasteiger partial charge in [0.2, 0.25) is 0 Å². The molecule has 0 unspecified atom stereocenters. The number of nitrogens with zero attached hydrogens (tertiary/aromatic N) is 1. The first-order valence-corrected chi connectivity index (χ1v) is 5.83. The van der Waals surface area contributed by atoms with Crippen molar-refractivity contribution in [1.29, 1.82) is 0 Å². The summed E-state index contributed by atoms with van der Waals surface area (Å²) in [6.45, 7) is 0. The molecule has 86 valence electrons. The fourth-order valence-electron chi connectivity index (χ4n) is 2.36. The molecule has 0 radical (unpaired) electrons. The van der Waals surface area contributed by atoms with Gasteiger partial charge in [0.25, 0.3) is 0 Å². The van der Waals surface area contributed by atoms with E-state index in [1.807, 2.05) is 36.5 Å². The number of pyridine rings is 1. The highest BCUT2D eigenvalue weighted by Crippen LogP contribution is 2.34. The Hall–Kier alpha value is -2.55. The van der Waals surface area contributed by atoms with E-state index < -0.39 is 0 Å². The van der Waals surface area contributed by atoms with Gasteiger partial charge >= 0.3 is 0 Å². The molecule has 3 aromatic heterocycles. The lowest BCUT2D eigenvalue weighted by molar-refractivity contribution is 0.668. The highest BCUT2D eigenvalue weighted by Gasteiger charge is 2.12. The minimum Gasteiger partial charge on any atom is -0.454 e. The summed E-state index contributed by atoms with van der Waals surface area (Å²) >= 11 is 0. The molecule has 0 amide bonds. The van der Waals surface area contributed by atoms with E-state index >= 15 is 0 Å². The summed E-state index contributed by atoms with van der Waals surface area (Å²) in [5, 5.41) is 1.07. The van der Waals surface area contributed by atoms with Gasteiger partial charge in [0, 0.05) is 23.7 Å². The minimum absolute atomic E-state index is 0.825. The Morgan fingerprint density at radius 3 is 2.78 bits per heavy atom. The lowest BCUT2D eigenvalue weighted by Gasteiger charge is -1.99. The van der Waals surface area contributed by atoms with E-state index in [-0.39, 0.29) is 0 Å². The molecule has 0 saturated carbocycles. The van der Waals surface area contributed by atoms with Gasteiger partial charge in [-0.3, -0.25) is 4.98 Å². The maximum Gasteiger partial charge on any atom is 0.153 e. The second-order valence-corrected chi connectivity index (χ2v) is 4.21. The van der Waals surface area contributed by atoms with Crippen molar-refractivity contribution in [3.05, 3.63) is 54.9 Å². The van der Waals surface area contributed by atoms with Gasteiger partial charge in [-0.2, -0.15) is 0 Å². The molecular formula is C15H10N2O. The predicted molar refractivity (Wildman–Crippen MR) is 71.3 cm³/mol. The highest BCUT2D eigenvalue weighted by molar-refractivity contribution is 6.09. The molecule has 3 nitrogen and oxygen atoms in total. The average Bonchev–Trinajstić information content (AvgIpc) is 3.05. The summed E-state index contributed by atoms with van der Waals surface area (Å²) in [5.74, 6) is 0. The number of aromatic amines is 1. The molecule has 3 heteroatoms. The Morgan fingerprint density at radius 1 is 0.944 bits per heavy atom. The van der Waals surface area contributed by atoms with Gasteiger partial charge in [0.15, 0.2) is 5.58 Å².